The summed E-state index contributed by atoms with van der Waals surface area (Å²) in [7, 11) is 0. The molecule has 1 atom stereocenters. The van der Waals surface area contributed by atoms with E-state index in [2.05, 4.69) is 37.1 Å². The van der Waals surface area contributed by atoms with Crippen LogP contribution in [0.5, 0.6) is 5.75 Å². The molecule has 2 heterocycles. The average molecular weight is 385 g/mol. The lowest BCUT2D eigenvalue weighted by molar-refractivity contribution is 0.0877. The van der Waals surface area contributed by atoms with Gasteiger partial charge in [0, 0.05) is 0 Å². The van der Waals surface area contributed by atoms with Crippen molar-refractivity contribution < 1.29 is 14.4 Å². The maximum Gasteiger partial charge on any atom is 0.296 e. The number of aliphatic hydroxyl groups is 1. The van der Waals surface area contributed by atoms with Crippen LogP contribution in [-0.2, 0) is 12.0 Å². The summed E-state index contributed by atoms with van der Waals surface area (Å²) in [6.45, 7) is 12.0. The van der Waals surface area contributed by atoms with Crippen LogP contribution in [0, 0.1) is 20.8 Å². The first-order chi connectivity index (χ1) is 13.1. The first-order valence-corrected chi connectivity index (χ1v) is 9.33. The minimum absolute atomic E-state index is 0.0145. The number of hydrogen-bond donors (Lipinski definition) is 1. The van der Waals surface area contributed by atoms with E-state index in [-0.39, 0.29) is 29.6 Å². The van der Waals surface area contributed by atoms with Crippen molar-refractivity contribution >= 4 is 10.9 Å². The van der Waals surface area contributed by atoms with Crippen LogP contribution in [-0.4, -0.2) is 32.8 Å². The van der Waals surface area contributed by atoms with Gasteiger partial charge in [0.1, 0.15) is 24.2 Å². The molecule has 0 amide bonds. The summed E-state index contributed by atoms with van der Waals surface area (Å²) >= 11 is 0. The highest BCUT2D eigenvalue weighted by Gasteiger charge is 2.18. The molecule has 1 unspecified atom stereocenters. The molecule has 1 N–H and O–H groups in total. The predicted molar refractivity (Wildman–Crippen MR) is 107 cm³/mol. The van der Waals surface area contributed by atoms with Gasteiger partial charge >= 0.3 is 0 Å². The van der Waals surface area contributed by atoms with Crippen molar-refractivity contribution in [2.45, 2.75) is 59.6 Å². The number of aryl methyl sites for hydroxylation is 3. The lowest BCUT2D eigenvalue weighted by Gasteiger charge is -2.21. The molecule has 7 nitrogen and oxygen atoms in total. The van der Waals surface area contributed by atoms with Crippen LogP contribution in [0.2, 0.25) is 0 Å². The van der Waals surface area contributed by atoms with Gasteiger partial charge in [-0.05, 0) is 43.4 Å². The Morgan fingerprint density at radius 3 is 2.61 bits per heavy atom. The van der Waals surface area contributed by atoms with Gasteiger partial charge in [0.15, 0.2) is 5.52 Å². The van der Waals surface area contributed by atoms with Crippen molar-refractivity contribution in [3.05, 3.63) is 51.1 Å². The van der Waals surface area contributed by atoms with Gasteiger partial charge in [0.05, 0.1) is 17.6 Å². The quantitative estimate of drug-likeness (QED) is 0.726. The molecule has 0 spiro atoms. The minimum atomic E-state index is -0.892. The van der Waals surface area contributed by atoms with Crippen molar-refractivity contribution in [3.63, 3.8) is 0 Å². The Labute approximate surface area is 163 Å². The highest BCUT2D eigenvalue weighted by molar-refractivity contribution is 5.81. The third-order valence-electron chi connectivity index (χ3n) is 4.79. The fourth-order valence-corrected chi connectivity index (χ4v) is 3.18. The molecule has 1 aromatic carbocycles. The van der Waals surface area contributed by atoms with E-state index in [1.54, 1.807) is 13.8 Å². The van der Waals surface area contributed by atoms with Crippen molar-refractivity contribution in [3.8, 4) is 5.75 Å². The van der Waals surface area contributed by atoms with Gasteiger partial charge in [-0.2, -0.15) is 5.10 Å². The van der Waals surface area contributed by atoms with E-state index in [1.807, 2.05) is 19.1 Å². The summed E-state index contributed by atoms with van der Waals surface area (Å²) in [5.74, 6) is 1.27. The van der Waals surface area contributed by atoms with E-state index < -0.39 is 6.10 Å². The van der Waals surface area contributed by atoms with Crippen molar-refractivity contribution in [2.24, 2.45) is 0 Å². The molecule has 28 heavy (non-hydrogen) atoms. The molecule has 0 radical (unpaired) electrons. The molecule has 7 heteroatoms. The third kappa shape index (κ3) is 3.94. The highest BCUT2D eigenvalue weighted by Crippen LogP contribution is 2.27. The molecule has 0 saturated heterocycles. The summed E-state index contributed by atoms with van der Waals surface area (Å²) < 4.78 is 12.1. The lowest BCUT2D eigenvalue weighted by atomic mass is 9.86. The molecule has 0 aliphatic heterocycles. The highest BCUT2D eigenvalue weighted by atomic mass is 16.5. The maximum absolute atomic E-state index is 12.5. The Hall–Kier alpha value is -2.67. The fourth-order valence-electron chi connectivity index (χ4n) is 3.18. The Bertz CT molecular complexity index is 1060. The number of rotatable bonds is 5. The second-order valence-corrected chi connectivity index (χ2v) is 8.23. The second-order valence-electron chi connectivity index (χ2n) is 8.23. The minimum Gasteiger partial charge on any atom is -0.491 e. The molecular weight excluding hydrogens is 358 g/mol. The average Bonchev–Trinajstić information content (AvgIpc) is 3.00. The predicted octanol–water partition coefficient (Wildman–Crippen LogP) is 3.05. The topological polar surface area (TPSA) is 90.4 Å². The standard InChI is InChI=1S/C21H27N3O4/c1-12-9-15(21(4,5)6)7-8-17(12)27-11-16(25)10-24-20(26)19-18(13(2)22-24)14(3)28-23-19/h7-9,16,25H,10-11H2,1-6H3. The van der Waals surface area contributed by atoms with Gasteiger partial charge in [-0.15, -0.1) is 0 Å². The van der Waals surface area contributed by atoms with E-state index in [1.165, 1.54) is 10.2 Å². The molecular formula is C21H27N3O4. The van der Waals surface area contributed by atoms with Crippen LogP contribution in [0.25, 0.3) is 10.9 Å². The van der Waals surface area contributed by atoms with Crippen LogP contribution >= 0.6 is 0 Å². The Balaban J connectivity index is 1.72. The van der Waals surface area contributed by atoms with E-state index in [0.717, 1.165) is 5.56 Å². The molecule has 0 bridgehead atoms. The Morgan fingerprint density at radius 2 is 1.96 bits per heavy atom. The van der Waals surface area contributed by atoms with Gasteiger partial charge in [0.25, 0.3) is 5.56 Å². The van der Waals surface area contributed by atoms with Crippen LogP contribution in [0.1, 0.15) is 43.4 Å². The number of aliphatic hydroxyl groups excluding tert-OH is 1. The smallest absolute Gasteiger partial charge is 0.296 e. The number of benzene rings is 1. The van der Waals surface area contributed by atoms with E-state index in [4.69, 9.17) is 9.26 Å². The van der Waals surface area contributed by atoms with Crippen molar-refractivity contribution in [2.75, 3.05) is 6.61 Å². The first-order valence-electron chi connectivity index (χ1n) is 9.33. The number of ether oxygens (including phenoxy) is 1. The third-order valence-corrected chi connectivity index (χ3v) is 4.79. The lowest BCUT2D eigenvalue weighted by Crippen LogP contribution is -2.32. The Kier molecular flexibility index (Phi) is 5.30. The van der Waals surface area contributed by atoms with Crippen LogP contribution in [0.15, 0.2) is 27.5 Å². The summed E-state index contributed by atoms with van der Waals surface area (Å²) in [6.07, 6.45) is -0.892. The summed E-state index contributed by atoms with van der Waals surface area (Å²) in [5, 5.41) is 19.1. The summed E-state index contributed by atoms with van der Waals surface area (Å²) in [6, 6.07) is 6.05. The number of aromatic nitrogens is 3. The first kappa shape index (κ1) is 20.1. The van der Waals surface area contributed by atoms with Crippen molar-refractivity contribution in [1.82, 2.24) is 14.9 Å². The molecule has 3 rings (SSSR count). The van der Waals surface area contributed by atoms with Gasteiger partial charge < -0.3 is 14.4 Å². The normalized spacial score (nSPS) is 13.1. The van der Waals surface area contributed by atoms with E-state index in [0.29, 0.717) is 22.6 Å². The van der Waals surface area contributed by atoms with Gasteiger partial charge in [-0.3, -0.25) is 4.79 Å². The van der Waals surface area contributed by atoms with Crippen LogP contribution < -0.4 is 10.3 Å². The van der Waals surface area contributed by atoms with Crippen LogP contribution in [0.3, 0.4) is 0 Å². The van der Waals surface area contributed by atoms with E-state index >= 15 is 0 Å². The Morgan fingerprint density at radius 1 is 1.25 bits per heavy atom. The zero-order chi connectivity index (χ0) is 20.6. The van der Waals surface area contributed by atoms with Gasteiger partial charge in [-0.25, -0.2) is 4.68 Å². The number of hydrogen-bond acceptors (Lipinski definition) is 6. The zero-order valence-corrected chi connectivity index (χ0v) is 17.2. The number of nitrogens with zero attached hydrogens (tertiary/aromatic N) is 3. The van der Waals surface area contributed by atoms with Gasteiger partial charge in [0.2, 0.25) is 0 Å². The largest absolute Gasteiger partial charge is 0.491 e. The van der Waals surface area contributed by atoms with Gasteiger partial charge in [-0.1, -0.05) is 38.1 Å². The summed E-state index contributed by atoms with van der Waals surface area (Å²) in [4.78, 5) is 12.5. The molecule has 0 aliphatic carbocycles. The second kappa shape index (κ2) is 7.39. The molecule has 3 aromatic rings. The number of fused-ring (bicyclic) bond motifs is 1. The zero-order valence-electron chi connectivity index (χ0n) is 17.2. The molecule has 0 aliphatic rings. The SMILES string of the molecule is Cc1cc(C(C)(C)C)ccc1OCC(O)Cn1nc(C)c2c(C)onc2c1=O. The molecule has 2 aromatic heterocycles. The molecule has 0 fully saturated rings. The monoisotopic (exact) mass is 385 g/mol. The van der Waals surface area contributed by atoms with Crippen LogP contribution in [0.4, 0.5) is 0 Å². The van der Waals surface area contributed by atoms with E-state index in [9.17, 15) is 9.90 Å². The van der Waals surface area contributed by atoms with Crippen molar-refractivity contribution in [1.29, 1.82) is 0 Å². The molecule has 150 valence electrons. The molecule has 0 saturated carbocycles. The fraction of sp³-hybridized carbons (Fsp3) is 0.476. The maximum atomic E-state index is 12.5. The summed E-state index contributed by atoms with van der Waals surface area (Å²) in [5.41, 5.74) is 2.76.